The van der Waals surface area contributed by atoms with Crippen molar-refractivity contribution >= 4 is 22.0 Å². The topological polar surface area (TPSA) is 66.2 Å². The van der Waals surface area contributed by atoms with Crippen LogP contribution in [0.25, 0.3) is 0 Å². The van der Waals surface area contributed by atoms with Crippen LogP contribution in [0.3, 0.4) is 0 Å². The molecule has 1 heterocycles. The second-order valence-corrected chi connectivity index (χ2v) is 3.93. The van der Waals surface area contributed by atoms with Gasteiger partial charge in [0.1, 0.15) is 11.9 Å². The summed E-state index contributed by atoms with van der Waals surface area (Å²) >= 11 is 3.31. The summed E-state index contributed by atoms with van der Waals surface area (Å²) in [5.41, 5.74) is 0. The van der Waals surface area contributed by atoms with Gasteiger partial charge in [0, 0.05) is 4.47 Å². The van der Waals surface area contributed by atoms with Crippen LogP contribution in [0.2, 0.25) is 0 Å². The van der Waals surface area contributed by atoms with E-state index in [9.17, 15) is 4.79 Å². The van der Waals surface area contributed by atoms with Gasteiger partial charge in [0.15, 0.2) is 0 Å². The smallest absolute Gasteiger partial charge is 0.439 e. The summed E-state index contributed by atoms with van der Waals surface area (Å²) in [6, 6.07) is 7.14. The number of nitrogens with zero attached hydrogens (tertiary/aromatic N) is 3. The van der Waals surface area contributed by atoms with Gasteiger partial charge < -0.3 is 9.47 Å². The lowest BCUT2D eigenvalue weighted by Crippen LogP contribution is -2.14. The number of methoxy groups -OCH3 is 1. The first-order valence-corrected chi connectivity index (χ1v) is 5.42. The van der Waals surface area contributed by atoms with Gasteiger partial charge in [-0.3, -0.25) is 0 Å². The van der Waals surface area contributed by atoms with Gasteiger partial charge in [0.05, 0.1) is 7.11 Å². The molecular weight excluding hydrogens is 290 g/mol. The molecule has 7 heteroatoms. The average Bonchev–Trinajstić information content (AvgIpc) is 2.79. The molecule has 0 aliphatic rings. The average molecular weight is 298 g/mol. The highest BCUT2D eigenvalue weighted by molar-refractivity contribution is 9.10. The molecule has 0 aliphatic carbocycles. The lowest BCUT2D eigenvalue weighted by atomic mass is 10.3. The molecule has 0 aliphatic heterocycles. The van der Waals surface area contributed by atoms with Gasteiger partial charge in [-0.25, -0.2) is 4.79 Å². The van der Waals surface area contributed by atoms with Gasteiger partial charge in [-0.15, -0.1) is 9.78 Å². The van der Waals surface area contributed by atoms with Crippen molar-refractivity contribution in [1.29, 1.82) is 0 Å². The minimum absolute atomic E-state index is 0.194. The molecule has 2 rings (SSSR count). The fraction of sp³-hybridized carbons (Fsp3) is 0.100. The lowest BCUT2D eigenvalue weighted by molar-refractivity contribution is 0.166. The Bertz CT molecular complexity index is 524. The van der Waals surface area contributed by atoms with Gasteiger partial charge in [0.2, 0.25) is 5.88 Å². The van der Waals surface area contributed by atoms with Crippen LogP contribution >= 0.6 is 15.9 Å². The lowest BCUT2D eigenvalue weighted by Gasteiger charge is -2.05. The molecule has 0 spiro atoms. The van der Waals surface area contributed by atoms with Crippen molar-refractivity contribution in [2.45, 2.75) is 0 Å². The van der Waals surface area contributed by atoms with Crippen molar-refractivity contribution in [3.8, 4) is 11.6 Å². The van der Waals surface area contributed by atoms with Gasteiger partial charge in [-0.1, -0.05) is 21.1 Å². The Morgan fingerprint density at radius 2 is 2.06 bits per heavy atom. The van der Waals surface area contributed by atoms with E-state index < -0.39 is 6.09 Å². The Morgan fingerprint density at radius 1 is 1.35 bits per heavy atom. The largest absolute Gasteiger partial charge is 0.451 e. The van der Waals surface area contributed by atoms with E-state index in [0.717, 1.165) is 9.15 Å². The second kappa shape index (κ2) is 4.96. The van der Waals surface area contributed by atoms with Crippen LogP contribution in [-0.4, -0.2) is 28.2 Å². The molecule has 6 nitrogen and oxygen atoms in total. The van der Waals surface area contributed by atoms with Crippen molar-refractivity contribution < 1.29 is 14.3 Å². The predicted octanol–water partition coefficient (Wildman–Crippen LogP) is 2.45. The van der Waals surface area contributed by atoms with Crippen LogP contribution in [0.15, 0.2) is 34.9 Å². The third-order valence-electron chi connectivity index (χ3n) is 1.90. The van der Waals surface area contributed by atoms with Crippen LogP contribution in [0.4, 0.5) is 4.79 Å². The molecule has 0 radical (unpaired) electrons. The van der Waals surface area contributed by atoms with Crippen molar-refractivity contribution in [3.05, 3.63) is 34.9 Å². The molecule has 0 amide bonds. The van der Waals surface area contributed by atoms with E-state index in [1.165, 1.54) is 13.3 Å². The molecule has 0 unspecified atom stereocenters. The zero-order valence-corrected chi connectivity index (χ0v) is 10.4. The van der Waals surface area contributed by atoms with Crippen LogP contribution in [0.5, 0.6) is 11.6 Å². The number of benzene rings is 1. The predicted molar refractivity (Wildman–Crippen MR) is 62.0 cm³/mol. The number of aromatic nitrogens is 3. The highest BCUT2D eigenvalue weighted by Gasteiger charge is 2.13. The highest BCUT2D eigenvalue weighted by Crippen LogP contribution is 2.22. The van der Waals surface area contributed by atoms with Gasteiger partial charge in [-0.2, -0.15) is 0 Å². The third kappa shape index (κ3) is 2.62. The first-order chi connectivity index (χ1) is 8.20. The molecule has 0 N–H and O–H groups in total. The van der Waals surface area contributed by atoms with Crippen LogP contribution in [0.1, 0.15) is 0 Å². The minimum atomic E-state index is -0.658. The number of hydrogen-bond donors (Lipinski definition) is 0. The van der Waals surface area contributed by atoms with Crippen LogP contribution in [-0.2, 0) is 4.74 Å². The van der Waals surface area contributed by atoms with Crippen LogP contribution < -0.4 is 4.74 Å². The molecule has 2 aromatic rings. The maximum absolute atomic E-state index is 11.3. The van der Waals surface area contributed by atoms with E-state index >= 15 is 0 Å². The molecule has 0 atom stereocenters. The highest BCUT2D eigenvalue weighted by atomic mass is 79.9. The second-order valence-electron chi connectivity index (χ2n) is 3.01. The van der Waals surface area contributed by atoms with Gasteiger partial charge in [0.25, 0.3) is 0 Å². The molecule has 1 aromatic heterocycles. The van der Waals surface area contributed by atoms with E-state index in [4.69, 9.17) is 4.74 Å². The first kappa shape index (κ1) is 11.6. The van der Waals surface area contributed by atoms with E-state index in [2.05, 4.69) is 31.0 Å². The van der Waals surface area contributed by atoms with E-state index in [1.807, 2.05) is 12.1 Å². The molecular formula is C10H8BrN3O3. The van der Waals surface area contributed by atoms with Crippen molar-refractivity contribution in [3.63, 3.8) is 0 Å². The molecule has 1 aromatic carbocycles. The van der Waals surface area contributed by atoms with E-state index in [-0.39, 0.29) is 5.88 Å². The number of carbonyl (C=O) groups excluding carboxylic acids is 1. The first-order valence-electron chi connectivity index (χ1n) is 4.63. The van der Waals surface area contributed by atoms with Crippen molar-refractivity contribution in [2.75, 3.05) is 7.11 Å². The summed E-state index contributed by atoms with van der Waals surface area (Å²) in [6.07, 6.45) is 0.675. The quantitative estimate of drug-likeness (QED) is 0.852. The number of rotatable bonds is 2. The Kier molecular flexibility index (Phi) is 3.38. The maximum Gasteiger partial charge on any atom is 0.439 e. The Hall–Kier alpha value is -1.89. The molecule has 88 valence electrons. The summed E-state index contributed by atoms with van der Waals surface area (Å²) in [6.45, 7) is 0. The molecule has 0 saturated heterocycles. The Balaban J connectivity index is 2.21. The summed E-state index contributed by atoms with van der Waals surface area (Å²) < 4.78 is 11.8. The normalized spacial score (nSPS) is 10.0. The summed E-state index contributed by atoms with van der Waals surface area (Å²) in [4.78, 5) is 11.3. The summed E-state index contributed by atoms with van der Waals surface area (Å²) in [7, 11) is 1.26. The third-order valence-corrected chi connectivity index (χ3v) is 2.43. The fourth-order valence-corrected chi connectivity index (χ4v) is 1.40. The standard InChI is InChI=1S/C10H8BrN3O3/c1-16-10(15)14-9(6-12-13-14)17-8-4-2-7(11)3-5-8/h2-6H,1H3. The number of ether oxygens (including phenoxy) is 2. The number of hydrogen-bond acceptors (Lipinski definition) is 5. The number of halogens is 1. The van der Waals surface area contributed by atoms with E-state index in [0.29, 0.717) is 5.75 Å². The molecule has 17 heavy (non-hydrogen) atoms. The zero-order valence-electron chi connectivity index (χ0n) is 8.83. The molecule has 0 fully saturated rings. The maximum atomic E-state index is 11.3. The van der Waals surface area contributed by atoms with Crippen LogP contribution in [0, 0.1) is 0 Å². The summed E-state index contributed by atoms with van der Waals surface area (Å²) in [5, 5.41) is 7.14. The fourth-order valence-electron chi connectivity index (χ4n) is 1.13. The zero-order chi connectivity index (χ0) is 12.3. The number of carbonyl (C=O) groups is 1. The molecule has 0 bridgehead atoms. The Labute approximate surface area is 105 Å². The summed E-state index contributed by atoms with van der Waals surface area (Å²) in [5.74, 6) is 0.764. The minimum Gasteiger partial charge on any atom is -0.451 e. The SMILES string of the molecule is COC(=O)n1nncc1Oc1ccc(Br)cc1. The molecule has 0 saturated carbocycles. The van der Waals surface area contributed by atoms with Crippen molar-refractivity contribution in [1.82, 2.24) is 15.0 Å². The van der Waals surface area contributed by atoms with Gasteiger partial charge >= 0.3 is 6.09 Å². The Morgan fingerprint density at radius 3 is 2.71 bits per heavy atom. The monoisotopic (exact) mass is 297 g/mol. The van der Waals surface area contributed by atoms with Crippen molar-refractivity contribution in [2.24, 2.45) is 0 Å². The van der Waals surface area contributed by atoms with E-state index in [1.54, 1.807) is 12.1 Å². The van der Waals surface area contributed by atoms with Gasteiger partial charge in [-0.05, 0) is 24.3 Å².